The Morgan fingerprint density at radius 3 is 1.03 bits per heavy atom. The molecule has 1 atom stereocenters. The van der Waals surface area contributed by atoms with Gasteiger partial charge in [-0.2, -0.15) is 0 Å². The van der Waals surface area contributed by atoms with Gasteiger partial charge in [0.1, 0.15) is 13.2 Å². The Labute approximate surface area is 388 Å². The van der Waals surface area contributed by atoms with Crippen LogP contribution in [-0.4, -0.2) is 37.2 Å². The zero-order chi connectivity index (χ0) is 45.8. The summed E-state index contributed by atoms with van der Waals surface area (Å²) in [6.07, 6.45) is 65.6. The summed E-state index contributed by atoms with van der Waals surface area (Å²) in [6, 6.07) is 0. The SMILES string of the molecule is CC/C=C\C/C=C\C/C=C\CCCCCCCC(=O)OC(COC(=O)CCCCCCC/C=C\CCCC)COC(=O)CCCCCCCC/C=C\C/C=C\C/C=C\CCCCC. The van der Waals surface area contributed by atoms with E-state index >= 15 is 0 Å². The molecule has 0 saturated heterocycles. The number of allylic oxidation sites excluding steroid dienone is 14. The molecule has 63 heavy (non-hydrogen) atoms. The van der Waals surface area contributed by atoms with Crippen LogP contribution in [0.4, 0.5) is 0 Å². The van der Waals surface area contributed by atoms with Gasteiger partial charge in [0.05, 0.1) is 0 Å². The van der Waals surface area contributed by atoms with Crippen molar-refractivity contribution in [2.45, 2.75) is 245 Å². The zero-order valence-corrected chi connectivity index (χ0v) is 41.1. The third-order valence-electron chi connectivity index (χ3n) is 10.9. The van der Waals surface area contributed by atoms with Crippen LogP contribution in [-0.2, 0) is 28.6 Å². The molecule has 0 aliphatic rings. The lowest BCUT2D eigenvalue weighted by Crippen LogP contribution is -2.30. The van der Waals surface area contributed by atoms with Crippen molar-refractivity contribution >= 4 is 17.9 Å². The van der Waals surface area contributed by atoms with Gasteiger partial charge in [-0.3, -0.25) is 14.4 Å². The highest BCUT2D eigenvalue weighted by atomic mass is 16.6. The number of rotatable bonds is 46. The summed E-state index contributed by atoms with van der Waals surface area (Å²) in [4.78, 5) is 38.0. The van der Waals surface area contributed by atoms with E-state index in [2.05, 4.69) is 106 Å². The van der Waals surface area contributed by atoms with Gasteiger partial charge < -0.3 is 14.2 Å². The molecular weight excluding hydrogens is 781 g/mol. The van der Waals surface area contributed by atoms with E-state index in [1.165, 1.54) is 70.6 Å². The summed E-state index contributed by atoms with van der Waals surface area (Å²) in [5, 5.41) is 0. The van der Waals surface area contributed by atoms with Crippen LogP contribution in [0.2, 0.25) is 0 Å². The van der Waals surface area contributed by atoms with Crippen LogP contribution in [0.15, 0.2) is 85.1 Å². The van der Waals surface area contributed by atoms with E-state index in [4.69, 9.17) is 14.2 Å². The Bertz CT molecular complexity index is 1240. The maximum atomic E-state index is 12.8. The van der Waals surface area contributed by atoms with Gasteiger partial charge in [-0.05, 0) is 109 Å². The predicted molar refractivity (Wildman–Crippen MR) is 270 cm³/mol. The molecule has 0 N–H and O–H groups in total. The number of ether oxygens (including phenoxy) is 3. The lowest BCUT2D eigenvalue weighted by atomic mass is 10.1. The average Bonchev–Trinajstić information content (AvgIpc) is 3.28. The van der Waals surface area contributed by atoms with Crippen molar-refractivity contribution in [1.29, 1.82) is 0 Å². The maximum absolute atomic E-state index is 12.8. The minimum absolute atomic E-state index is 0.0931. The highest BCUT2D eigenvalue weighted by Crippen LogP contribution is 2.13. The number of hydrogen-bond donors (Lipinski definition) is 0. The van der Waals surface area contributed by atoms with Crippen LogP contribution in [0.5, 0.6) is 0 Å². The first-order valence-electron chi connectivity index (χ1n) is 26.1. The second-order valence-corrected chi connectivity index (χ2v) is 17.0. The second-order valence-electron chi connectivity index (χ2n) is 17.0. The van der Waals surface area contributed by atoms with Crippen molar-refractivity contribution in [1.82, 2.24) is 0 Å². The first-order chi connectivity index (χ1) is 31.0. The molecule has 360 valence electrons. The Hall–Kier alpha value is -3.41. The molecule has 0 heterocycles. The minimum atomic E-state index is -0.794. The Morgan fingerprint density at radius 1 is 0.333 bits per heavy atom. The van der Waals surface area contributed by atoms with Gasteiger partial charge in [0.15, 0.2) is 6.10 Å². The molecule has 6 nitrogen and oxygen atoms in total. The largest absolute Gasteiger partial charge is 0.462 e. The fourth-order valence-electron chi connectivity index (χ4n) is 6.91. The van der Waals surface area contributed by atoms with Gasteiger partial charge in [0, 0.05) is 19.3 Å². The molecule has 0 amide bonds. The molecule has 0 aromatic carbocycles. The van der Waals surface area contributed by atoms with Gasteiger partial charge in [0.2, 0.25) is 0 Å². The fraction of sp³-hybridized carbons (Fsp3) is 0.702. The molecule has 0 fully saturated rings. The smallest absolute Gasteiger partial charge is 0.306 e. The van der Waals surface area contributed by atoms with E-state index in [1.54, 1.807) is 0 Å². The van der Waals surface area contributed by atoms with Crippen molar-refractivity contribution in [3.05, 3.63) is 85.1 Å². The highest BCUT2D eigenvalue weighted by Gasteiger charge is 2.19. The molecule has 0 aliphatic heterocycles. The quantitative estimate of drug-likeness (QED) is 0.0262. The fourth-order valence-corrected chi connectivity index (χ4v) is 6.91. The van der Waals surface area contributed by atoms with Crippen LogP contribution in [0.25, 0.3) is 0 Å². The molecule has 6 heteroatoms. The molecule has 1 unspecified atom stereocenters. The molecule has 0 aliphatic carbocycles. The maximum Gasteiger partial charge on any atom is 0.306 e. The molecule has 0 rings (SSSR count). The number of carbonyl (C=O) groups is 3. The predicted octanol–water partition coefficient (Wildman–Crippen LogP) is 17.2. The van der Waals surface area contributed by atoms with Gasteiger partial charge in [-0.25, -0.2) is 0 Å². The topological polar surface area (TPSA) is 78.9 Å². The van der Waals surface area contributed by atoms with Gasteiger partial charge in [-0.15, -0.1) is 0 Å². The van der Waals surface area contributed by atoms with Gasteiger partial charge in [0.25, 0.3) is 0 Å². The lowest BCUT2D eigenvalue weighted by Gasteiger charge is -2.18. The average molecular weight is 877 g/mol. The first-order valence-corrected chi connectivity index (χ1v) is 26.1. The zero-order valence-electron chi connectivity index (χ0n) is 41.1. The van der Waals surface area contributed by atoms with Crippen molar-refractivity contribution in [3.8, 4) is 0 Å². The minimum Gasteiger partial charge on any atom is -0.462 e. The Morgan fingerprint density at radius 2 is 0.635 bits per heavy atom. The van der Waals surface area contributed by atoms with Crippen molar-refractivity contribution in [3.63, 3.8) is 0 Å². The van der Waals surface area contributed by atoms with Crippen LogP contribution in [0, 0.1) is 0 Å². The van der Waals surface area contributed by atoms with Crippen molar-refractivity contribution < 1.29 is 28.6 Å². The molecule has 0 aromatic heterocycles. The summed E-state index contributed by atoms with van der Waals surface area (Å²) in [5.41, 5.74) is 0. The summed E-state index contributed by atoms with van der Waals surface area (Å²) in [5.74, 6) is -0.933. The Balaban J connectivity index is 4.41. The molecule has 0 spiro atoms. The highest BCUT2D eigenvalue weighted by molar-refractivity contribution is 5.71. The normalized spacial score (nSPS) is 12.7. The molecule has 0 aromatic rings. The van der Waals surface area contributed by atoms with E-state index < -0.39 is 6.10 Å². The number of carbonyl (C=O) groups excluding carboxylic acids is 3. The first kappa shape index (κ1) is 59.6. The number of unbranched alkanes of at least 4 members (excludes halogenated alkanes) is 21. The number of esters is 3. The van der Waals surface area contributed by atoms with Crippen LogP contribution >= 0.6 is 0 Å². The van der Waals surface area contributed by atoms with Gasteiger partial charge >= 0.3 is 17.9 Å². The van der Waals surface area contributed by atoms with E-state index in [-0.39, 0.29) is 31.1 Å². The van der Waals surface area contributed by atoms with E-state index in [0.29, 0.717) is 19.3 Å². The summed E-state index contributed by atoms with van der Waals surface area (Å²) >= 11 is 0. The standard InChI is InChI=1S/C57H96O6/c1-4-7-10-13-16-19-22-24-26-27-28-29-31-32-35-38-41-44-47-50-56(59)62-53-54(52-61-55(58)49-46-43-40-37-34-21-18-15-12-9-6-3)63-57(60)51-48-45-42-39-36-33-30-25-23-20-17-14-11-8-5-2/h8,11,15-20,24-26,28-30,54H,4-7,9-10,12-14,21-23,27,31-53H2,1-3H3/b11-8-,18-15-,19-16-,20-17-,26-24-,29-28-,30-25-. The number of hydrogen-bond acceptors (Lipinski definition) is 6. The van der Waals surface area contributed by atoms with Gasteiger partial charge in [-0.1, -0.05) is 196 Å². The lowest BCUT2D eigenvalue weighted by molar-refractivity contribution is -0.167. The second kappa shape index (κ2) is 51.2. The third kappa shape index (κ3) is 49.5. The van der Waals surface area contributed by atoms with E-state index in [9.17, 15) is 14.4 Å². The van der Waals surface area contributed by atoms with Crippen molar-refractivity contribution in [2.24, 2.45) is 0 Å². The Kier molecular flexibility index (Phi) is 48.5. The molecule has 0 saturated carbocycles. The van der Waals surface area contributed by atoms with E-state index in [1.807, 2.05) is 0 Å². The van der Waals surface area contributed by atoms with Crippen LogP contribution in [0.1, 0.15) is 239 Å². The monoisotopic (exact) mass is 877 g/mol. The van der Waals surface area contributed by atoms with E-state index in [0.717, 1.165) is 128 Å². The van der Waals surface area contributed by atoms with Crippen LogP contribution < -0.4 is 0 Å². The molecular formula is C57H96O6. The molecule has 0 radical (unpaired) electrons. The molecule has 0 bridgehead atoms. The van der Waals surface area contributed by atoms with Crippen LogP contribution in [0.3, 0.4) is 0 Å². The van der Waals surface area contributed by atoms with Crippen molar-refractivity contribution in [2.75, 3.05) is 13.2 Å². The summed E-state index contributed by atoms with van der Waals surface area (Å²) in [7, 11) is 0. The summed E-state index contributed by atoms with van der Waals surface area (Å²) in [6.45, 7) is 6.42. The summed E-state index contributed by atoms with van der Waals surface area (Å²) < 4.78 is 16.8. The third-order valence-corrected chi connectivity index (χ3v) is 10.9.